The fourth-order valence-electron chi connectivity index (χ4n) is 4.37. The van der Waals surface area contributed by atoms with E-state index >= 15 is 0 Å². The minimum Gasteiger partial charge on any atom is -0.324 e. The van der Waals surface area contributed by atoms with Crippen molar-refractivity contribution in [2.75, 3.05) is 12.8 Å². The van der Waals surface area contributed by atoms with Crippen LogP contribution in [0.15, 0.2) is 0 Å². The van der Waals surface area contributed by atoms with Crippen molar-refractivity contribution in [1.82, 2.24) is 0 Å². The maximum Gasteiger partial charge on any atom is 0.328 e. The Balaban J connectivity index is 3.27. The topological polar surface area (TPSA) is 46.5 Å². The van der Waals surface area contributed by atoms with E-state index in [0.717, 1.165) is 25.7 Å². The average Bonchev–Trinajstić information content (AvgIpc) is 2.77. The van der Waals surface area contributed by atoms with Crippen LogP contribution in [-0.4, -0.2) is 17.7 Å². The Morgan fingerprint density at radius 2 is 0.750 bits per heavy atom. The Labute approximate surface area is 202 Å². The van der Waals surface area contributed by atoms with Crippen molar-refractivity contribution in [3.8, 4) is 0 Å². The second-order valence-corrected chi connectivity index (χ2v) is 12.0. The second kappa shape index (κ2) is 25.8. The lowest BCUT2D eigenvalue weighted by Crippen LogP contribution is -1.97. The van der Waals surface area contributed by atoms with Gasteiger partial charge in [0.1, 0.15) is 0 Å². The van der Waals surface area contributed by atoms with Crippen LogP contribution >= 0.6 is 7.60 Å². The number of unbranched alkanes of at least 4 members (excludes halogenated alkanes) is 22. The van der Waals surface area contributed by atoms with E-state index in [0.29, 0.717) is 12.8 Å². The standard InChI is InChI=1S/C28H59O3P/c1-3-5-7-9-11-13-14-15-16-17-18-19-20-22-24-26-28-32(29,30)31-27-25-23-21-12-10-8-6-4-2/h3-28H2,1-2H3,(H,29,30). The molecule has 1 atom stereocenters. The maximum absolute atomic E-state index is 12.1. The molecule has 32 heavy (non-hydrogen) atoms. The highest BCUT2D eigenvalue weighted by molar-refractivity contribution is 7.52. The van der Waals surface area contributed by atoms with Crippen LogP contribution in [0.4, 0.5) is 0 Å². The Morgan fingerprint density at radius 1 is 0.469 bits per heavy atom. The molecule has 0 amide bonds. The minimum atomic E-state index is -3.35. The van der Waals surface area contributed by atoms with E-state index in [4.69, 9.17) is 4.52 Å². The molecule has 1 unspecified atom stereocenters. The lowest BCUT2D eigenvalue weighted by molar-refractivity contribution is 0.251. The summed E-state index contributed by atoms with van der Waals surface area (Å²) in [6.45, 7) is 4.97. The van der Waals surface area contributed by atoms with Gasteiger partial charge in [-0.05, 0) is 12.8 Å². The molecule has 0 aromatic rings. The maximum atomic E-state index is 12.1. The molecule has 0 saturated heterocycles. The summed E-state index contributed by atoms with van der Waals surface area (Å²) in [4.78, 5) is 9.96. The summed E-state index contributed by atoms with van der Waals surface area (Å²) in [5, 5.41) is 0. The van der Waals surface area contributed by atoms with Gasteiger partial charge in [-0.2, -0.15) is 0 Å². The van der Waals surface area contributed by atoms with Gasteiger partial charge < -0.3 is 9.42 Å². The first-order valence-electron chi connectivity index (χ1n) is 14.6. The van der Waals surface area contributed by atoms with Gasteiger partial charge in [0.05, 0.1) is 6.61 Å². The normalized spacial score (nSPS) is 13.5. The quantitative estimate of drug-likeness (QED) is 0.0951. The molecule has 0 aliphatic carbocycles. The van der Waals surface area contributed by atoms with Gasteiger partial charge in [-0.15, -0.1) is 0 Å². The van der Waals surface area contributed by atoms with Gasteiger partial charge >= 0.3 is 7.60 Å². The minimum absolute atomic E-state index is 0.336. The van der Waals surface area contributed by atoms with E-state index in [9.17, 15) is 9.46 Å². The molecule has 0 aliphatic heterocycles. The zero-order chi connectivity index (χ0) is 23.6. The molecule has 0 aromatic heterocycles. The Morgan fingerprint density at radius 3 is 1.09 bits per heavy atom. The predicted octanol–water partition coefficient (Wildman–Crippen LogP) is 10.6. The number of hydrogen-bond acceptors (Lipinski definition) is 2. The fraction of sp³-hybridized carbons (Fsp3) is 1.00. The zero-order valence-corrected chi connectivity index (χ0v) is 23.0. The van der Waals surface area contributed by atoms with Crippen molar-refractivity contribution in [2.45, 2.75) is 168 Å². The third-order valence-corrected chi connectivity index (χ3v) is 8.05. The molecule has 0 spiro atoms. The molecular formula is C28H59O3P. The van der Waals surface area contributed by atoms with Crippen molar-refractivity contribution >= 4 is 7.60 Å². The lowest BCUT2D eigenvalue weighted by atomic mass is 10.0. The zero-order valence-electron chi connectivity index (χ0n) is 22.1. The molecule has 194 valence electrons. The van der Waals surface area contributed by atoms with Crippen molar-refractivity contribution in [1.29, 1.82) is 0 Å². The number of hydrogen-bond donors (Lipinski definition) is 1. The Bertz CT molecular complexity index is 400. The average molecular weight is 475 g/mol. The second-order valence-electron chi connectivity index (χ2n) is 9.97. The summed E-state index contributed by atoms with van der Waals surface area (Å²) < 4.78 is 17.4. The van der Waals surface area contributed by atoms with Gasteiger partial charge in [0, 0.05) is 6.16 Å². The van der Waals surface area contributed by atoms with Gasteiger partial charge in [0.25, 0.3) is 0 Å². The van der Waals surface area contributed by atoms with Crippen molar-refractivity contribution < 1.29 is 14.0 Å². The summed E-state index contributed by atoms with van der Waals surface area (Å²) >= 11 is 0. The predicted molar refractivity (Wildman–Crippen MR) is 143 cm³/mol. The molecule has 0 bridgehead atoms. The first-order chi connectivity index (χ1) is 15.6. The van der Waals surface area contributed by atoms with Crippen LogP contribution in [0.25, 0.3) is 0 Å². The molecule has 3 nitrogen and oxygen atoms in total. The van der Waals surface area contributed by atoms with Crippen molar-refractivity contribution in [3.05, 3.63) is 0 Å². The van der Waals surface area contributed by atoms with Crippen LogP contribution in [-0.2, 0) is 9.09 Å². The van der Waals surface area contributed by atoms with Gasteiger partial charge in [0.15, 0.2) is 0 Å². The van der Waals surface area contributed by atoms with E-state index in [-0.39, 0.29) is 0 Å². The van der Waals surface area contributed by atoms with E-state index in [2.05, 4.69) is 13.8 Å². The summed E-state index contributed by atoms with van der Waals surface area (Å²) in [5.74, 6) is 0. The first kappa shape index (κ1) is 32.1. The summed E-state index contributed by atoms with van der Waals surface area (Å²) in [5.41, 5.74) is 0. The highest BCUT2D eigenvalue weighted by atomic mass is 31.2. The molecule has 0 aromatic carbocycles. The van der Waals surface area contributed by atoms with Gasteiger partial charge in [0.2, 0.25) is 0 Å². The smallest absolute Gasteiger partial charge is 0.324 e. The summed E-state index contributed by atoms with van der Waals surface area (Å²) in [6.07, 6.45) is 31.3. The number of rotatable bonds is 27. The van der Waals surface area contributed by atoms with Crippen LogP contribution in [0.5, 0.6) is 0 Å². The van der Waals surface area contributed by atoms with Crippen LogP contribution < -0.4 is 0 Å². The van der Waals surface area contributed by atoms with Gasteiger partial charge in [-0.25, -0.2) is 0 Å². The molecule has 0 aliphatic rings. The van der Waals surface area contributed by atoms with E-state index in [1.165, 1.54) is 128 Å². The molecular weight excluding hydrogens is 415 g/mol. The third kappa shape index (κ3) is 26.4. The van der Waals surface area contributed by atoms with Crippen LogP contribution in [0.3, 0.4) is 0 Å². The summed E-state index contributed by atoms with van der Waals surface area (Å²) in [6, 6.07) is 0. The van der Waals surface area contributed by atoms with E-state index in [1.54, 1.807) is 0 Å². The molecule has 0 radical (unpaired) electrons. The molecule has 0 saturated carbocycles. The third-order valence-electron chi connectivity index (χ3n) is 6.59. The Hall–Kier alpha value is 0.150. The largest absolute Gasteiger partial charge is 0.328 e. The van der Waals surface area contributed by atoms with Crippen molar-refractivity contribution in [2.24, 2.45) is 0 Å². The molecule has 4 heteroatoms. The first-order valence-corrected chi connectivity index (χ1v) is 16.3. The fourth-order valence-corrected chi connectivity index (χ4v) is 5.53. The SMILES string of the molecule is CCCCCCCCCCCCCCCCCCP(=O)(O)OCCCCCCCCCC. The summed E-state index contributed by atoms with van der Waals surface area (Å²) in [7, 11) is -3.35. The molecule has 0 fully saturated rings. The van der Waals surface area contributed by atoms with Crippen LogP contribution in [0.2, 0.25) is 0 Å². The van der Waals surface area contributed by atoms with E-state index in [1.807, 2.05) is 0 Å². The van der Waals surface area contributed by atoms with Crippen LogP contribution in [0.1, 0.15) is 168 Å². The highest BCUT2D eigenvalue weighted by Crippen LogP contribution is 2.43. The monoisotopic (exact) mass is 474 g/mol. The lowest BCUT2D eigenvalue weighted by Gasteiger charge is -2.12. The van der Waals surface area contributed by atoms with Crippen molar-refractivity contribution in [3.63, 3.8) is 0 Å². The molecule has 0 rings (SSSR count). The van der Waals surface area contributed by atoms with E-state index < -0.39 is 7.60 Å². The Kier molecular flexibility index (Phi) is 25.9. The van der Waals surface area contributed by atoms with Gasteiger partial charge in [-0.1, -0.05) is 155 Å². The highest BCUT2D eigenvalue weighted by Gasteiger charge is 2.17. The molecule has 1 N–H and O–H groups in total. The van der Waals surface area contributed by atoms with Gasteiger partial charge in [-0.3, -0.25) is 4.57 Å². The van der Waals surface area contributed by atoms with Crippen LogP contribution in [0, 0.1) is 0 Å². The molecule has 0 heterocycles.